The third kappa shape index (κ3) is 3.76. The quantitative estimate of drug-likeness (QED) is 0.798. The Balaban J connectivity index is 1.40. The summed E-state index contributed by atoms with van der Waals surface area (Å²) in [6, 6.07) is 5.13. The predicted octanol–water partition coefficient (Wildman–Crippen LogP) is 2.42. The Labute approximate surface area is 148 Å². The molecule has 1 saturated heterocycles. The van der Waals surface area contributed by atoms with Crippen LogP contribution in [0.1, 0.15) is 37.1 Å². The predicted molar refractivity (Wildman–Crippen MR) is 93.6 cm³/mol. The van der Waals surface area contributed by atoms with E-state index in [-0.39, 0.29) is 0 Å². The first-order valence-electron chi connectivity index (χ1n) is 9.02. The maximum absolute atomic E-state index is 5.28. The van der Waals surface area contributed by atoms with E-state index >= 15 is 0 Å². The Morgan fingerprint density at radius 2 is 1.92 bits per heavy atom. The summed E-state index contributed by atoms with van der Waals surface area (Å²) in [5.41, 5.74) is 1.02. The minimum Gasteiger partial charge on any atom is -0.481 e. The van der Waals surface area contributed by atoms with Gasteiger partial charge in [0.1, 0.15) is 17.9 Å². The summed E-state index contributed by atoms with van der Waals surface area (Å²) in [6.07, 6.45) is 6.39. The molecule has 0 radical (unpaired) electrons. The Morgan fingerprint density at radius 1 is 1.16 bits per heavy atom. The SMILES string of the molecule is COc1cc(N(C2CC2)C2CCN(Cc3cc(C)on3)CC2)ncn1. The first-order valence-corrected chi connectivity index (χ1v) is 9.02. The summed E-state index contributed by atoms with van der Waals surface area (Å²) in [5.74, 6) is 2.51. The second kappa shape index (κ2) is 7.00. The molecule has 134 valence electrons. The van der Waals surface area contributed by atoms with E-state index in [0.29, 0.717) is 18.0 Å². The molecule has 2 aromatic heterocycles. The van der Waals surface area contributed by atoms with Crippen molar-refractivity contribution in [2.24, 2.45) is 0 Å². The van der Waals surface area contributed by atoms with Crippen LogP contribution < -0.4 is 9.64 Å². The van der Waals surface area contributed by atoms with E-state index in [2.05, 4.69) is 24.9 Å². The normalized spacial score (nSPS) is 19.1. The van der Waals surface area contributed by atoms with E-state index in [4.69, 9.17) is 9.26 Å². The summed E-state index contributed by atoms with van der Waals surface area (Å²) in [5, 5.41) is 4.11. The monoisotopic (exact) mass is 343 g/mol. The topological polar surface area (TPSA) is 67.5 Å². The van der Waals surface area contributed by atoms with Gasteiger partial charge in [0.05, 0.1) is 12.8 Å². The maximum atomic E-state index is 5.28. The molecule has 7 nitrogen and oxygen atoms in total. The van der Waals surface area contributed by atoms with Crippen LogP contribution in [0.15, 0.2) is 23.0 Å². The van der Waals surface area contributed by atoms with Crippen LogP contribution in [0, 0.1) is 6.92 Å². The second-order valence-electron chi connectivity index (χ2n) is 6.99. The first-order chi connectivity index (χ1) is 12.2. The highest BCUT2D eigenvalue weighted by molar-refractivity contribution is 5.45. The van der Waals surface area contributed by atoms with Crippen molar-refractivity contribution >= 4 is 5.82 Å². The third-order valence-electron chi connectivity index (χ3n) is 5.05. The lowest BCUT2D eigenvalue weighted by Gasteiger charge is -2.39. The van der Waals surface area contributed by atoms with Gasteiger partial charge in [-0.3, -0.25) is 4.90 Å². The van der Waals surface area contributed by atoms with Crippen molar-refractivity contribution < 1.29 is 9.26 Å². The molecular weight excluding hydrogens is 318 g/mol. The summed E-state index contributed by atoms with van der Waals surface area (Å²) < 4.78 is 10.4. The number of likely N-dealkylation sites (tertiary alicyclic amines) is 1. The van der Waals surface area contributed by atoms with Crippen LogP contribution in [0.5, 0.6) is 5.88 Å². The van der Waals surface area contributed by atoms with Crippen molar-refractivity contribution in [1.82, 2.24) is 20.0 Å². The highest BCUT2D eigenvalue weighted by atomic mass is 16.5. The number of aryl methyl sites for hydroxylation is 1. The number of methoxy groups -OCH3 is 1. The number of ether oxygens (including phenoxy) is 1. The molecule has 3 heterocycles. The minimum atomic E-state index is 0.530. The molecule has 4 rings (SSSR count). The van der Waals surface area contributed by atoms with Crippen LogP contribution in [-0.4, -0.2) is 52.3 Å². The van der Waals surface area contributed by atoms with E-state index in [1.807, 2.05) is 19.1 Å². The molecule has 1 aliphatic heterocycles. The summed E-state index contributed by atoms with van der Waals surface area (Å²) in [7, 11) is 1.65. The molecule has 1 aliphatic carbocycles. The second-order valence-corrected chi connectivity index (χ2v) is 6.99. The average molecular weight is 343 g/mol. The molecule has 7 heteroatoms. The minimum absolute atomic E-state index is 0.530. The highest BCUT2D eigenvalue weighted by Crippen LogP contribution is 2.36. The van der Waals surface area contributed by atoms with Gasteiger partial charge in [-0.15, -0.1) is 0 Å². The molecule has 0 bridgehead atoms. The number of rotatable bonds is 6. The van der Waals surface area contributed by atoms with Gasteiger partial charge < -0.3 is 14.2 Å². The Morgan fingerprint density at radius 3 is 2.56 bits per heavy atom. The fourth-order valence-corrected chi connectivity index (χ4v) is 3.68. The highest BCUT2D eigenvalue weighted by Gasteiger charge is 2.36. The largest absolute Gasteiger partial charge is 0.481 e. The molecule has 0 atom stereocenters. The molecule has 0 N–H and O–H groups in total. The van der Waals surface area contributed by atoms with Crippen LogP contribution in [0.3, 0.4) is 0 Å². The van der Waals surface area contributed by atoms with Crippen molar-refractivity contribution in [1.29, 1.82) is 0 Å². The van der Waals surface area contributed by atoms with Crippen LogP contribution >= 0.6 is 0 Å². The molecule has 0 spiro atoms. The molecule has 2 aliphatic rings. The van der Waals surface area contributed by atoms with Gasteiger partial charge in [0.15, 0.2) is 0 Å². The van der Waals surface area contributed by atoms with Crippen molar-refractivity contribution in [3.05, 3.63) is 29.9 Å². The third-order valence-corrected chi connectivity index (χ3v) is 5.05. The zero-order valence-corrected chi connectivity index (χ0v) is 14.9. The maximum Gasteiger partial charge on any atom is 0.218 e. The van der Waals surface area contributed by atoms with Gasteiger partial charge in [-0.2, -0.15) is 0 Å². The van der Waals surface area contributed by atoms with Gasteiger partial charge in [0.2, 0.25) is 5.88 Å². The summed E-state index contributed by atoms with van der Waals surface area (Å²) >= 11 is 0. The Bertz CT molecular complexity index is 707. The van der Waals surface area contributed by atoms with Crippen molar-refractivity contribution in [2.75, 3.05) is 25.1 Å². The number of aromatic nitrogens is 3. The molecule has 1 saturated carbocycles. The Kier molecular flexibility index (Phi) is 4.57. The summed E-state index contributed by atoms with van der Waals surface area (Å²) in [4.78, 5) is 13.6. The lowest BCUT2D eigenvalue weighted by atomic mass is 10.0. The zero-order chi connectivity index (χ0) is 17.2. The summed E-state index contributed by atoms with van der Waals surface area (Å²) in [6.45, 7) is 4.95. The van der Waals surface area contributed by atoms with Gasteiger partial charge in [-0.25, -0.2) is 9.97 Å². The number of anilines is 1. The van der Waals surface area contributed by atoms with Crippen LogP contribution in [0.2, 0.25) is 0 Å². The number of hydrogen-bond donors (Lipinski definition) is 0. The van der Waals surface area contributed by atoms with Gasteiger partial charge >= 0.3 is 0 Å². The van der Waals surface area contributed by atoms with Crippen molar-refractivity contribution in [3.8, 4) is 5.88 Å². The molecule has 0 aromatic carbocycles. The number of hydrogen-bond acceptors (Lipinski definition) is 7. The number of nitrogens with zero attached hydrogens (tertiary/aromatic N) is 5. The van der Waals surface area contributed by atoms with E-state index in [0.717, 1.165) is 49.7 Å². The lowest BCUT2D eigenvalue weighted by Crippen LogP contribution is -2.46. The smallest absolute Gasteiger partial charge is 0.218 e. The first kappa shape index (κ1) is 16.3. The van der Waals surface area contributed by atoms with E-state index in [9.17, 15) is 0 Å². The number of piperidine rings is 1. The molecule has 2 aromatic rings. The molecule has 0 amide bonds. The van der Waals surface area contributed by atoms with Crippen LogP contribution in [0.4, 0.5) is 5.82 Å². The van der Waals surface area contributed by atoms with E-state index in [1.54, 1.807) is 13.4 Å². The van der Waals surface area contributed by atoms with Crippen LogP contribution in [-0.2, 0) is 6.54 Å². The molecule has 25 heavy (non-hydrogen) atoms. The van der Waals surface area contributed by atoms with Crippen LogP contribution in [0.25, 0.3) is 0 Å². The Hall–Kier alpha value is -2.15. The molecular formula is C18H25N5O2. The fraction of sp³-hybridized carbons (Fsp3) is 0.611. The van der Waals surface area contributed by atoms with Gasteiger partial charge in [0, 0.05) is 43.9 Å². The van der Waals surface area contributed by atoms with Crippen molar-refractivity contribution in [3.63, 3.8) is 0 Å². The molecule has 0 unspecified atom stereocenters. The van der Waals surface area contributed by atoms with E-state index in [1.165, 1.54) is 12.8 Å². The van der Waals surface area contributed by atoms with Crippen molar-refractivity contribution in [2.45, 2.75) is 51.2 Å². The molecule has 2 fully saturated rings. The van der Waals surface area contributed by atoms with Gasteiger partial charge in [0.25, 0.3) is 0 Å². The van der Waals surface area contributed by atoms with Gasteiger partial charge in [-0.1, -0.05) is 5.16 Å². The van der Waals surface area contributed by atoms with E-state index < -0.39 is 0 Å². The van der Waals surface area contributed by atoms with Gasteiger partial charge in [-0.05, 0) is 32.6 Å². The fourth-order valence-electron chi connectivity index (χ4n) is 3.68. The zero-order valence-electron chi connectivity index (χ0n) is 14.9. The average Bonchev–Trinajstić information content (AvgIpc) is 3.38. The lowest BCUT2D eigenvalue weighted by molar-refractivity contribution is 0.195. The standard InChI is InChI=1S/C18H25N5O2/c1-13-9-14(21-25-13)11-22-7-5-16(6-8-22)23(15-3-4-15)17-10-18(24-2)20-12-19-17/h9-10,12,15-16H,3-8,11H2,1-2H3.